The van der Waals surface area contributed by atoms with Crippen molar-refractivity contribution in [3.63, 3.8) is 0 Å². The molecule has 0 saturated carbocycles. The minimum Gasteiger partial charge on any atom is -0.478 e. The van der Waals surface area contributed by atoms with Crippen molar-refractivity contribution in [1.82, 2.24) is 5.32 Å². The Morgan fingerprint density at radius 1 is 1.45 bits per heavy atom. The number of aliphatic carboxylic acids is 1. The van der Waals surface area contributed by atoms with E-state index in [9.17, 15) is 9.59 Å². The van der Waals surface area contributed by atoms with Crippen LogP contribution in [0.5, 0.6) is 0 Å². The first-order valence-corrected chi connectivity index (χ1v) is 6.76. The lowest BCUT2D eigenvalue weighted by atomic mass is 9.82. The Morgan fingerprint density at radius 2 is 2.00 bits per heavy atom. The molecule has 116 valence electrons. The Balaban J connectivity index is 0.000000796. The molecular weight excluding hydrogens is 262 g/mol. The van der Waals surface area contributed by atoms with Crippen LogP contribution in [0.4, 0.5) is 0 Å². The summed E-state index contributed by atoms with van der Waals surface area (Å²) in [4.78, 5) is 21.8. The van der Waals surface area contributed by atoms with Gasteiger partial charge in [-0.25, -0.2) is 4.79 Å². The second kappa shape index (κ2) is 9.50. The van der Waals surface area contributed by atoms with E-state index >= 15 is 0 Å². The summed E-state index contributed by atoms with van der Waals surface area (Å²) in [6.07, 6.45) is 2.92. The van der Waals surface area contributed by atoms with Crippen LogP contribution in [0.1, 0.15) is 40.0 Å². The largest absolute Gasteiger partial charge is 0.478 e. The van der Waals surface area contributed by atoms with Gasteiger partial charge in [0, 0.05) is 31.2 Å². The van der Waals surface area contributed by atoms with Gasteiger partial charge in [-0.05, 0) is 39.0 Å². The third kappa shape index (κ3) is 7.91. The summed E-state index contributed by atoms with van der Waals surface area (Å²) in [5, 5.41) is 28.6. The zero-order valence-corrected chi connectivity index (χ0v) is 12.3. The molecule has 0 bridgehead atoms. The number of amides is 1. The van der Waals surface area contributed by atoms with Crippen LogP contribution in [-0.2, 0) is 9.59 Å². The first kappa shape index (κ1) is 18.6. The molecule has 0 heterocycles. The molecule has 6 nitrogen and oxygen atoms in total. The van der Waals surface area contributed by atoms with E-state index < -0.39 is 5.97 Å². The van der Waals surface area contributed by atoms with Crippen LogP contribution in [0.2, 0.25) is 0 Å². The highest BCUT2D eigenvalue weighted by molar-refractivity contribution is 5.86. The zero-order chi connectivity index (χ0) is 15.7. The van der Waals surface area contributed by atoms with E-state index in [0.717, 1.165) is 0 Å². The van der Waals surface area contributed by atoms with Crippen LogP contribution in [-0.4, -0.2) is 45.9 Å². The van der Waals surface area contributed by atoms with Crippen LogP contribution in [0, 0.1) is 5.92 Å². The number of rotatable bonds is 4. The topological polar surface area (TPSA) is 107 Å². The van der Waals surface area contributed by atoms with Crippen molar-refractivity contribution in [2.24, 2.45) is 5.92 Å². The van der Waals surface area contributed by atoms with Gasteiger partial charge in [0.05, 0.1) is 0 Å². The van der Waals surface area contributed by atoms with Crippen LogP contribution in [0.3, 0.4) is 0 Å². The lowest BCUT2D eigenvalue weighted by Gasteiger charge is -2.30. The monoisotopic (exact) mass is 287 g/mol. The fraction of sp³-hybridized carbons (Fsp3) is 0.714. The number of hydrogen-bond donors (Lipinski definition) is 4. The molecule has 0 aromatic heterocycles. The molecule has 1 aliphatic carbocycles. The highest BCUT2D eigenvalue weighted by Crippen LogP contribution is 2.27. The van der Waals surface area contributed by atoms with Crippen molar-refractivity contribution < 1.29 is 24.9 Å². The van der Waals surface area contributed by atoms with Crippen LogP contribution < -0.4 is 5.32 Å². The SMILES string of the molecule is CC(=O)NC1CC=C(C(=O)O)C[C@@H]1CCO.CC(C)O. The molecule has 1 amide bonds. The molecule has 0 aromatic carbocycles. The Labute approximate surface area is 119 Å². The standard InChI is InChI=1S/C11H17NO4.C3H8O/c1-7(14)12-10-3-2-9(11(15)16)6-8(10)4-5-13;1-3(2)4/h2,8,10,13H,3-6H2,1H3,(H,12,14)(H,15,16);3-4H,1-2H3/t8-,10?;/m0./s1. The quantitative estimate of drug-likeness (QED) is 0.608. The van der Waals surface area contributed by atoms with Gasteiger partial charge in [0.1, 0.15) is 0 Å². The minimum absolute atomic E-state index is 0.00463. The molecule has 6 heteroatoms. The number of nitrogens with one attached hydrogen (secondary N) is 1. The van der Waals surface area contributed by atoms with Crippen molar-refractivity contribution >= 4 is 11.9 Å². The number of hydrogen-bond acceptors (Lipinski definition) is 4. The molecule has 1 aliphatic rings. The third-order valence-corrected chi connectivity index (χ3v) is 2.83. The van der Waals surface area contributed by atoms with E-state index in [-0.39, 0.29) is 30.6 Å². The molecule has 0 aliphatic heterocycles. The number of carbonyl (C=O) groups excluding carboxylic acids is 1. The molecule has 1 rings (SSSR count). The second-order valence-corrected chi connectivity index (χ2v) is 5.15. The maximum absolute atomic E-state index is 11.0. The number of carboxylic acid groups (broad SMARTS) is 1. The van der Waals surface area contributed by atoms with Gasteiger partial charge < -0.3 is 20.6 Å². The normalized spacial score (nSPS) is 21.6. The molecule has 0 saturated heterocycles. The lowest BCUT2D eigenvalue weighted by Crippen LogP contribution is -2.41. The van der Waals surface area contributed by atoms with Crippen molar-refractivity contribution in [2.75, 3.05) is 6.61 Å². The Kier molecular flexibility index (Phi) is 8.83. The average Bonchev–Trinajstić information content (AvgIpc) is 2.30. The number of aliphatic hydroxyl groups excluding tert-OH is 2. The number of carboxylic acids is 1. The van der Waals surface area contributed by atoms with Crippen molar-refractivity contribution in [2.45, 2.75) is 52.2 Å². The number of aliphatic hydroxyl groups is 2. The third-order valence-electron chi connectivity index (χ3n) is 2.83. The summed E-state index contributed by atoms with van der Waals surface area (Å²) < 4.78 is 0. The van der Waals surface area contributed by atoms with Gasteiger partial charge in [-0.3, -0.25) is 4.79 Å². The van der Waals surface area contributed by atoms with Crippen molar-refractivity contribution in [3.05, 3.63) is 11.6 Å². The summed E-state index contributed by atoms with van der Waals surface area (Å²) in [6.45, 7) is 4.89. The minimum atomic E-state index is -0.913. The molecule has 0 aromatic rings. The second-order valence-electron chi connectivity index (χ2n) is 5.15. The van der Waals surface area contributed by atoms with Crippen LogP contribution >= 0.6 is 0 Å². The summed E-state index contributed by atoms with van der Waals surface area (Å²) in [7, 11) is 0. The highest BCUT2D eigenvalue weighted by atomic mass is 16.4. The molecule has 2 atom stereocenters. The summed E-state index contributed by atoms with van der Waals surface area (Å²) in [5.74, 6) is -1.03. The van der Waals surface area contributed by atoms with E-state index in [1.165, 1.54) is 6.92 Å². The lowest BCUT2D eigenvalue weighted by molar-refractivity contribution is -0.133. The molecular formula is C14H25NO5. The van der Waals surface area contributed by atoms with E-state index in [4.69, 9.17) is 15.3 Å². The van der Waals surface area contributed by atoms with Gasteiger partial charge in [0.2, 0.25) is 5.91 Å². The van der Waals surface area contributed by atoms with Gasteiger partial charge >= 0.3 is 5.97 Å². The van der Waals surface area contributed by atoms with Gasteiger partial charge in [0.25, 0.3) is 0 Å². The molecule has 1 unspecified atom stereocenters. The van der Waals surface area contributed by atoms with Crippen LogP contribution in [0.25, 0.3) is 0 Å². The first-order valence-electron chi connectivity index (χ1n) is 6.76. The Bertz CT molecular complexity index is 349. The fourth-order valence-electron chi connectivity index (χ4n) is 2.05. The molecule has 4 N–H and O–H groups in total. The average molecular weight is 287 g/mol. The first-order chi connectivity index (χ1) is 9.27. The smallest absolute Gasteiger partial charge is 0.331 e. The van der Waals surface area contributed by atoms with E-state index in [2.05, 4.69) is 5.32 Å². The fourth-order valence-corrected chi connectivity index (χ4v) is 2.05. The summed E-state index contributed by atoms with van der Waals surface area (Å²) >= 11 is 0. The van der Waals surface area contributed by atoms with Gasteiger partial charge in [-0.1, -0.05) is 6.08 Å². The van der Waals surface area contributed by atoms with Gasteiger partial charge in [-0.2, -0.15) is 0 Å². The zero-order valence-electron chi connectivity index (χ0n) is 12.3. The highest BCUT2D eigenvalue weighted by Gasteiger charge is 2.28. The van der Waals surface area contributed by atoms with Crippen LogP contribution in [0.15, 0.2) is 11.6 Å². The predicted molar refractivity (Wildman–Crippen MR) is 75.1 cm³/mol. The summed E-state index contributed by atoms with van der Waals surface area (Å²) in [5.41, 5.74) is 0.375. The molecule has 0 spiro atoms. The van der Waals surface area contributed by atoms with Gasteiger partial charge in [0.15, 0.2) is 0 Å². The maximum atomic E-state index is 11.0. The molecule has 20 heavy (non-hydrogen) atoms. The Morgan fingerprint density at radius 3 is 2.40 bits per heavy atom. The van der Waals surface area contributed by atoms with Crippen molar-refractivity contribution in [1.29, 1.82) is 0 Å². The predicted octanol–water partition coefficient (Wildman–Crippen LogP) is 0.682. The van der Waals surface area contributed by atoms with E-state index in [0.29, 0.717) is 24.8 Å². The number of carbonyl (C=O) groups is 2. The van der Waals surface area contributed by atoms with Crippen molar-refractivity contribution in [3.8, 4) is 0 Å². The maximum Gasteiger partial charge on any atom is 0.331 e. The van der Waals surface area contributed by atoms with Gasteiger partial charge in [-0.15, -0.1) is 0 Å². The molecule has 0 fully saturated rings. The summed E-state index contributed by atoms with van der Waals surface area (Å²) in [6, 6.07) is -0.0623. The molecule has 0 radical (unpaired) electrons. The Hall–Kier alpha value is -1.40. The van der Waals surface area contributed by atoms with E-state index in [1.54, 1.807) is 19.9 Å². The van der Waals surface area contributed by atoms with E-state index in [1.807, 2.05) is 0 Å².